The second-order valence-electron chi connectivity index (χ2n) is 5.57. The Morgan fingerprint density at radius 3 is 2.35 bits per heavy atom. The van der Waals surface area contributed by atoms with Crippen molar-refractivity contribution in [2.24, 2.45) is 5.73 Å². The molecule has 114 valence electrons. The van der Waals surface area contributed by atoms with Gasteiger partial charge in [0.1, 0.15) is 5.75 Å². The molecule has 0 aromatic heterocycles. The SMILES string of the molecule is COc1ccc(C(C)(C)CNC(=O)CC(C)N)cc1.Cl. The second kappa shape index (κ2) is 8.12. The fraction of sp³-hybridized carbons (Fsp3) is 0.533. The van der Waals surface area contributed by atoms with E-state index in [2.05, 4.69) is 19.2 Å². The van der Waals surface area contributed by atoms with E-state index in [0.717, 1.165) is 11.3 Å². The van der Waals surface area contributed by atoms with E-state index < -0.39 is 0 Å². The number of hydrogen-bond donors (Lipinski definition) is 2. The predicted molar refractivity (Wildman–Crippen MR) is 84.5 cm³/mol. The standard InChI is InChI=1S/C15H24N2O2.ClH/c1-11(16)9-14(18)17-10-15(2,3)12-5-7-13(19-4)8-6-12;/h5-8,11H,9-10,16H2,1-4H3,(H,17,18);1H. The molecule has 1 aromatic carbocycles. The molecule has 0 saturated heterocycles. The van der Waals surface area contributed by atoms with Crippen molar-refractivity contribution in [3.63, 3.8) is 0 Å². The van der Waals surface area contributed by atoms with Crippen molar-refractivity contribution in [3.05, 3.63) is 29.8 Å². The van der Waals surface area contributed by atoms with Crippen LogP contribution < -0.4 is 15.8 Å². The minimum Gasteiger partial charge on any atom is -0.497 e. The topological polar surface area (TPSA) is 64.3 Å². The number of carbonyl (C=O) groups excluding carboxylic acids is 1. The van der Waals surface area contributed by atoms with Gasteiger partial charge in [0.05, 0.1) is 7.11 Å². The van der Waals surface area contributed by atoms with Crippen LogP contribution >= 0.6 is 12.4 Å². The Balaban J connectivity index is 0.00000361. The minimum absolute atomic E-state index is 0. The normalized spacial score (nSPS) is 12.2. The van der Waals surface area contributed by atoms with Gasteiger partial charge in [-0.3, -0.25) is 4.79 Å². The number of carbonyl (C=O) groups is 1. The van der Waals surface area contributed by atoms with Crippen LogP contribution in [0.25, 0.3) is 0 Å². The minimum atomic E-state index is -0.125. The number of ether oxygens (including phenoxy) is 1. The highest BCUT2D eigenvalue weighted by Crippen LogP contribution is 2.24. The molecule has 5 heteroatoms. The Morgan fingerprint density at radius 1 is 1.35 bits per heavy atom. The highest BCUT2D eigenvalue weighted by atomic mass is 35.5. The third-order valence-electron chi connectivity index (χ3n) is 3.11. The highest BCUT2D eigenvalue weighted by molar-refractivity contribution is 5.85. The van der Waals surface area contributed by atoms with Crippen molar-refractivity contribution < 1.29 is 9.53 Å². The van der Waals surface area contributed by atoms with Gasteiger partial charge in [-0.05, 0) is 24.6 Å². The summed E-state index contributed by atoms with van der Waals surface area (Å²) in [5, 5.41) is 2.93. The lowest BCUT2D eigenvalue weighted by atomic mass is 9.84. The van der Waals surface area contributed by atoms with Crippen LogP contribution in [0.3, 0.4) is 0 Å². The van der Waals surface area contributed by atoms with Gasteiger partial charge >= 0.3 is 0 Å². The van der Waals surface area contributed by atoms with Crippen molar-refractivity contribution in [2.75, 3.05) is 13.7 Å². The molecule has 0 aliphatic rings. The van der Waals surface area contributed by atoms with Crippen molar-refractivity contribution >= 4 is 18.3 Å². The van der Waals surface area contributed by atoms with E-state index in [0.29, 0.717) is 13.0 Å². The van der Waals surface area contributed by atoms with Crippen molar-refractivity contribution in [1.29, 1.82) is 0 Å². The zero-order valence-electron chi connectivity index (χ0n) is 12.6. The molecule has 20 heavy (non-hydrogen) atoms. The number of benzene rings is 1. The first kappa shape index (κ1) is 18.7. The molecule has 0 aliphatic carbocycles. The summed E-state index contributed by atoms with van der Waals surface area (Å²) in [6, 6.07) is 7.80. The van der Waals surface area contributed by atoms with E-state index in [1.54, 1.807) is 7.11 Å². The average molecular weight is 301 g/mol. The number of hydrogen-bond acceptors (Lipinski definition) is 3. The zero-order valence-corrected chi connectivity index (χ0v) is 13.4. The van der Waals surface area contributed by atoms with Gasteiger partial charge in [-0.15, -0.1) is 12.4 Å². The maximum absolute atomic E-state index is 11.6. The molecule has 0 spiro atoms. The smallest absolute Gasteiger partial charge is 0.221 e. The van der Waals surface area contributed by atoms with E-state index in [1.165, 1.54) is 0 Å². The number of halogens is 1. The fourth-order valence-electron chi connectivity index (χ4n) is 1.83. The Kier molecular flexibility index (Phi) is 7.61. The van der Waals surface area contributed by atoms with Crippen LogP contribution in [0, 0.1) is 0 Å². The number of rotatable bonds is 6. The van der Waals surface area contributed by atoms with Gasteiger partial charge < -0.3 is 15.8 Å². The first-order valence-corrected chi connectivity index (χ1v) is 6.52. The van der Waals surface area contributed by atoms with Crippen LogP contribution in [0.2, 0.25) is 0 Å². The predicted octanol–water partition coefficient (Wildman–Crippen LogP) is 2.25. The summed E-state index contributed by atoms with van der Waals surface area (Å²) < 4.78 is 5.14. The summed E-state index contributed by atoms with van der Waals surface area (Å²) >= 11 is 0. The number of nitrogens with one attached hydrogen (secondary N) is 1. The lowest BCUT2D eigenvalue weighted by Crippen LogP contribution is -2.38. The highest BCUT2D eigenvalue weighted by Gasteiger charge is 2.21. The van der Waals surface area contributed by atoms with Crippen molar-refractivity contribution in [3.8, 4) is 5.75 Å². The van der Waals surface area contributed by atoms with Crippen LogP contribution in [-0.2, 0) is 10.2 Å². The molecule has 1 atom stereocenters. The fourth-order valence-corrected chi connectivity index (χ4v) is 1.83. The molecule has 1 amide bonds. The summed E-state index contributed by atoms with van der Waals surface area (Å²) in [4.78, 5) is 11.6. The average Bonchev–Trinajstić information content (AvgIpc) is 2.36. The first-order chi connectivity index (χ1) is 8.85. The maximum Gasteiger partial charge on any atom is 0.221 e. The van der Waals surface area contributed by atoms with E-state index in [9.17, 15) is 4.79 Å². The van der Waals surface area contributed by atoms with E-state index in [-0.39, 0.29) is 29.8 Å². The van der Waals surface area contributed by atoms with Crippen LogP contribution in [-0.4, -0.2) is 25.6 Å². The quantitative estimate of drug-likeness (QED) is 0.847. The van der Waals surface area contributed by atoms with Crippen molar-refractivity contribution in [1.82, 2.24) is 5.32 Å². The molecule has 0 radical (unpaired) electrons. The molecule has 1 aromatic rings. The third kappa shape index (κ3) is 5.80. The van der Waals surface area contributed by atoms with Gasteiger partial charge in [0.25, 0.3) is 0 Å². The lowest BCUT2D eigenvalue weighted by molar-refractivity contribution is -0.121. The van der Waals surface area contributed by atoms with Gasteiger partial charge in [0.15, 0.2) is 0 Å². The number of methoxy groups -OCH3 is 1. The molecule has 1 unspecified atom stereocenters. The van der Waals surface area contributed by atoms with Crippen LogP contribution in [0.1, 0.15) is 32.8 Å². The number of amides is 1. The largest absolute Gasteiger partial charge is 0.497 e. The molecule has 0 bridgehead atoms. The molecule has 0 saturated carbocycles. The Bertz CT molecular complexity index is 416. The first-order valence-electron chi connectivity index (χ1n) is 6.52. The summed E-state index contributed by atoms with van der Waals surface area (Å²) in [7, 11) is 1.65. The molecule has 1 rings (SSSR count). The monoisotopic (exact) mass is 300 g/mol. The van der Waals surface area contributed by atoms with Gasteiger partial charge in [0.2, 0.25) is 5.91 Å². The molecule has 0 heterocycles. The molecular formula is C15H25ClN2O2. The second-order valence-corrected chi connectivity index (χ2v) is 5.57. The molecule has 0 fully saturated rings. The zero-order chi connectivity index (χ0) is 14.5. The number of nitrogens with two attached hydrogens (primary N) is 1. The summed E-state index contributed by atoms with van der Waals surface area (Å²) in [6.07, 6.45) is 0.360. The van der Waals surface area contributed by atoms with Gasteiger partial charge in [0, 0.05) is 24.4 Å². The Labute approximate surface area is 127 Å². The summed E-state index contributed by atoms with van der Waals surface area (Å²) in [5.41, 5.74) is 6.64. The van der Waals surface area contributed by atoms with E-state index in [1.807, 2.05) is 31.2 Å². The molecule has 4 nitrogen and oxygen atoms in total. The molecule has 3 N–H and O–H groups in total. The maximum atomic E-state index is 11.6. The Hall–Kier alpha value is -1.26. The van der Waals surface area contributed by atoms with Crippen LogP contribution in [0.5, 0.6) is 5.75 Å². The van der Waals surface area contributed by atoms with Crippen LogP contribution in [0.4, 0.5) is 0 Å². The summed E-state index contributed by atoms with van der Waals surface area (Å²) in [6.45, 7) is 6.61. The van der Waals surface area contributed by atoms with Gasteiger partial charge in [-0.1, -0.05) is 26.0 Å². The van der Waals surface area contributed by atoms with Crippen LogP contribution in [0.15, 0.2) is 24.3 Å². The molecule has 0 aliphatic heterocycles. The van der Waals surface area contributed by atoms with Crippen molar-refractivity contribution in [2.45, 2.75) is 38.6 Å². The summed E-state index contributed by atoms with van der Waals surface area (Å²) in [5.74, 6) is 0.831. The molecular weight excluding hydrogens is 276 g/mol. The Morgan fingerprint density at radius 2 is 1.90 bits per heavy atom. The third-order valence-corrected chi connectivity index (χ3v) is 3.11. The van der Waals surface area contributed by atoms with Gasteiger partial charge in [-0.2, -0.15) is 0 Å². The lowest BCUT2D eigenvalue weighted by Gasteiger charge is -2.26. The van der Waals surface area contributed by atoms with E-state index in [4.69, 9.17) is 10.5 Å². The van der Waals surface area contributed by atoms with Gasteiger partial charge in [-0.25, -0.2) is 0 Å². The van der Waals surface area contributed by atoms with E-state index >= 15 is 0 Å².